The van der Waals surface area contributed by atoms with Crippen LogP contribution in [-0.2, 0) is 16.6 Å². The second-order valence-corrected chi connectivity index (χ2v) is 6.03. The lowest BCUT2D eigenvalue weighted by Crippen LogP contribution is -2.24. The number of pyridine rings is 1. The fraction of sp³-hybridized carbons (Fsp3) is 0.0833. The van der Waals surface area contributed by atoms with Crippen LogP contribution in [0.4, 0.5) is 5.69 Å². The molecule has 19 heavy (non-hydrogen) atoms. The monoisotopic (exact) mass is 297 g/mol. The van der Waals surface area contributed by atoms with Crippen molar-refractivity contribution in [3.05, 3.63) is 53.3 Å². The number of halogens is 1. The lowest BCUT2D eigenvalue weighted by molar-refractivity contribution is 0.581. The van der Waals surface area contributed by atoms with E-state index in [0.29, 0.717) is 5.02 Å². The summed E-state index contributed by atoms with van der Waals surface area (Å²) < 4.78 is 26.6. The van der Waals surface area contributed by atoms with Crippen molar-refractivity contribution in [3.63, 3.8) is 0 Å². The molecule has 0 aliphatic rings. The van der Waals surface area contributed by atoms with Crippen molar-refractivity contribution in [2.24, 2.45) is 0 Å². The molecule has 100 valence electrons. The number of sulfonamides is 1. The minimum absolute atomic E-state index is 0.0194. The van der Waals surface area contributed by atoms with Crippen LogP contribution >= 0.6 is 11.6 Å². The Labute approximate surface area is 116 Å². The average molecular weight is 298 g/mol. The number of nitrogens with one attached hydrogen (secondary N) is 1. The molecule has 5 nitrogen and oxygen atoms in total. The highest BCUT2D eigenvalue weighted by Gasteiger charge is 2.17. The van der Waals surface area contributed by atoms with Crippen molar-refractivity contribution in [1.29, 1.82) is 0 Å². The molecule has 0 amide bonds. The van der Waals surface area contributed by atoms with Crippen LogP contribution in [0.3, 0.4) is 0 Å². The van der Waals surface area contributed by atoms with E-state index in [0.717, 1.165) is 5.56 Å². The molecular weight excluding hydrogens is 286 g/mol. The van der Waals surface area contributed by atoms with Gasteiger partial charge in [0, 0.05) is 24.0 Å². The van der Waals surface area contributed by atoms with Crippen molar-refractivity contribution in [3.8, 4) is 0 Å². The average Bonchev–Trinajstić information content (AvgIpc) is 2.37. The summed E-state index contributed by atoms with van der Waals surface area (Å²) in [4.78, 5) is 3.88. The largest absolute Gasteiger partial charge is 0.398 e. The zero-order chi connectivity index (χ0) is 13.9. The van der Waals surface area contributed by atoms with Crippen molar-refractivity contribution in [2.75, 3.05) is 5.73 Å². The molecule has 0 fully saturated rings. The number of anilines is 1. The van der Waals surface area contributed by atoms with Gasteiger partial charge in [-0.25, -0.2) is 13.1 Å². The number of rotatable bonds is 4. The maximum absolute atomic E-state index is 12.1. The molecule has 3 N–H and O–H groups in total. The number of benzene rings is 1. The summed E-state index contributed by atoms with van der Waals surface area (Å²) in [6.45, 7) is 0.174. The molecule has 1 aromatic heterocycles. The Bertz CT molecular complexity index is 675. The fourth-order valence-electron chi connectivity index (χ4n) is 1.52. The van der Waals surface area contributed by atoms with E-state index in [1.165, 1.54) is 18.2 Å². The summed E-state index contributed by atoms with van der Waals surface area (Å²) in [5, 5.41) is 0.394. The van der Waals surface area contributed by atoms with Gasteiger partial charge in [0.15, 0.2) is 0 Å². The van der Waals surface area contributed by atoms with E-state index in [-0.39, 0.29) is 17.1 Å². The zero-order valence-electron chi connectivity index (χ0n) is 9.88. The minimum Gasteiger partial charge on any atom is -0.398 e. The topological polar surface area (TPSA) is 85.1 Å². The van der Waals surface area contributed by atoms with Crippen LogP contribution in [0, 0.1) is 0 Å². The molecule has 0 saturated heterocycles. The SMILES string of the molecule is Nc1cc(Cl)ccc1S(=O)(=O)NCc1ccncc1. The lowest BCUT2D eigenvalue weighted by Gasteiger charge is -2.09. The first-order valence-corrected chi connectivity index (χ1v) is 7.29. The van der Waals surface area contributed by atoms with Crippen LogP contribution in [-0.4, -0.2) is 13.4 Å². The molecular formula is C12H12ClN3O2S. The van der Waals surface area contributed by atoms with Gasteiger partial charge in [-0.1, -0.05) is 11.6 Å². The van der Waals surface area contributed by atoms with E-state index in [2.05, 4.69) is 9.71 Å². The Hall–Kier alpha value is -1.63. The van der Waals surface area contributed by atoms with Crippen LogP contribution < -0.4 is 10.5 Å². The van der Waals surface area contributed by atoms with Crippen molar-refractivity contribution in [1.82, 2.24) is 9.71 Å². The van der Waals surface area contributed by atoms with Crippen LogP contribution in [0.5, 0.6) is 0 Å². The lowest BCUT2D eigenvalue weighted by atomic mass is 10.3. The summed E-state index contributed by atoms with van der Waals surface area (Å²) in [7, 11) is -3.66. The Morgan fingerprint density at radius 3 is 2.53 bits per heavy atom. The second-order valence-electron chi connectivity index (χ2n) is 3.86. The number of nitrogen functional groups attached to an aromatic ring is 1. The van der Waals surface area contributed by atoms with Gasteiger partial charge in [-0.2, -0.15) is 0 Å². The maximum Gasteiger partial charge on any atom is 0.242 e. The normalized spacial score (nSPS) is 11.4. The fourth-order valence-corrected chi connectivity index (χ4v) is 2.83. The van der Waals surface area contributed by atoms with Gasteiger partial charge in [0.05, 0.1) is 5.69 Å². The van der Waals surface area contributed by atoms with E-state index < -0.39 is 10.0 Å². The van der Waals surface area contributed by atoms with Gasteiger partial charge in [-0.05, 0) is 35.9 Å². The molecule has 0 spiro atoms. The Morgan fingerprint density at radius 2 is 1.89 bits per heavy atom. The predicted octanol–water partition coefficient (Wildman–Crippen LogP) is 1.80. The Morgan fingerprint density at radius 1 is 1.21 bits per heavy atom. The highest BCUT2D eigenvalue weighted by molar-refractivity contribution is 7.89. The van der Waals surface area contributed by atoms with E-state index in [4.69, 9.17) is 17.3 Å². The zero-order valence-corrected chi connectivity index (χ0v) is 11.4. The van der Waals surface area contributed by atoms with Gasteiger partial charge < -0.3 is 5.73 Å². The molecule has 0 atom stereocenters. The summed E-state index contributed by atoms with van der Waals surface area (Å²) >= 11 is 5.74. The Kier molecular flexibility index (Phi) is 4.04. The first kappa shape index (κ1) is 13.8. The Balaban J connectivity index is 2.19. The first-order valence-electron chi connectivity index (χ1n) is 5.42. The molecule has 1 aromatic carbocycles. The van der Waals surface area contributed by atoms with Gasteiger partial charge in [-0.3, -0.25) is 4.98 Å². The molecule has 0 bridgehead atoms. The molecule has 2 aromatic rings. The van der Waals surface area contributed by atoms with E-state index in [1.54, 1.807) is 24.5 Å². The number of nitrogens with two attached hydrogens (primary N) is 1. The summed E-state index contributed by atoms with van der Waals surface area (Å²) in [5.41, 5.74) is 6.59. The van der Waals surface area contributed by atoms with Gasteiger partial charge in [0.2, 0.25) is 10.0 Å². The molecule has 2 rings (SSSR count). The number of nitrogens with zero attached hydrogens (tertiary/aromatic N) is 1. The van der Waals surface area contributed by atoms with Crippen LogP contribution in [0.2, 0.25) is 5.02 Å². The number of hydrogen-bond acceptors (Lipinski definition) is 4. The molecule has 0 aliphatic heterocycles. The number of hydrogen-bond donors (Lipinski definition) is 2. The minimum atomic E-state index is -3.66. The van der Waals surface area contributed by atoms with Gasteiger partial charge in [0.1, 0.15) is 4.90 Å². The summed E-state index contributed by atoms with van der Waals surface area (Å²) in [5.74, 6) is 0. The van der Waals surface area contributed by atoms with Crippen LogP contribution in [0.25, 0.3) is 0 Å². The third kappa shape index (κ3) is 3.44. The highest BCUT2D eigenvalue weighted by Crippen LogP contribution is 2.22. The third-order valence-corrected chi connectivity index (χ3v) is 4.19. The highest BCUT2D eigenvalue weighted by atomic mass is 35.5. The first-order chi connectivity index (χ1) is 8.99. The van der Waals surface area contributed by atoms with Gasteiger partial charge in [0.25, 0.3) is 0 Å². The van der Waals surface area contributed by atoms with Crippen molar-refractivity contribution < 1.29 is 8.42 Å². The van der Waals surface area contributed by atoms with Crippen LogP contribution in [0.15, 0.2) is 47.6 Å². The molecule has 1 heterocycles. The van der Waals surface area contributed by atoms with E-state index >= 15 is 0 Å². The molecule has 0 aliphatic carbocycles. The van der Waals surface area contributed by atoms with Crippen molar-refractivity contribution >= 4 is 27.3 Å². The smallest absolute Gasteiger partial charge is 0.242 e. The summed E-state index contributed by atoms with van der Waals surface area (Å²) in [6.07, 6.45) is 3.20. The molecule has 0 radical (unpaired) electrons. The van der Waals surface area contributed by atoms with E-state index in [9.17, 15) is 8.42 Å². The van der Waals surface area contributed by atoms with E-state index in [1.807, 2.05) is 0 Å². The molecule has 7 heteroatoms. The third-order valence-electron chi connectivity index (χ3n) is 2.48. The van der Waals surface area contributed by atoms with Gasteiger partial charge in [-0.15, -0.1) is 0 Å². The standard InChI is InChI=1S/C12H12ClN3O2S/c13-10-1-2-12(11(14)7-10)19(17,18)16-8-9-3-5-15-6-4-9/h1-7,16H,8,14H2. The molecule has 0 saturated carbocycles. The van der Waals surface area contributed by atoms with Crippen LogP contribution in [0.1, 0.15) is 5.56 Å². The predicted molar refractivity (Wildman–Crippen MR) is 74.1 cm³/mol. The van der Waals surface area contributed by atoms with Gasteiger partial charge >= 0.3 is 0 Å². The molecule has 0 unspecified atom stereocenters. The quantitative estimate of drug-likeness (QED) is 0.843. The maximum atomic E-state index is 12.1. The second kappa shape index (κ2) is 5.56. The number of aromatic nitrogens is 1. The van der Waals surface area contributed by atoms with Crippen molar-refractivity contribution in [2.45, 2.75) is 11.4 Å². The summed E-state index contributed by atoms with van der Waals surface area (Å²) in [6, 6.07) is 7.73.